The number of anilines is 1. The summed E-state index contributed by atoms with van der Waals surface area (Å²) >= 11 is 0. The molecule has 0 aromatic heterocycles. The van der Waals surface area contributed by atoms with Gasteiger partial charge in [-0.25, -0.2) is 0 Å². The minimum Gasteiger partial charge on any atom is -0.497 e. The zero-order valence-corrected chi connectivity index (χ0v) is 17.2. The van der Waals surface area contributed by atoms with Crippen molar-refractivity contribution >= 4 is 33.1 Å². The molecular formula is C27H25NO2. The van der Waals surface area contributed by atoms with Gasteiger partial charge >= 0.3 is 0 Å². The van der Waals surface area contributed by atoms with Crippen molar-refractivity contribution in [1.29, 1.82) is 0 Å². The summed E-state index contributed by atoms with van der Waals surface area (Å²) < 4.78 is 5.32. The Hall–Kier alpha value is -3.33. The van der Waals surface area contributed by atoms with Gasteiger partial charge in [-0.05, 0) is 70.3 Å². The van der Waals surface area contributed by atoms with Gasteiger partial charge in [-0.15, -0.1) is 0 Å². The first-order valence-electron chi connectivity index (χ1n) is 10.6. The molecule has 1 fully saturated rings. The predicted octanol–water partition coefficient (Wildman–Crippen LogP) is 6.33. The van der Waals surface area contributed by atoms with Crippen LogP contribution in [0.3, 0.4) is 0 Å². The first-order chi connectivity index (χ1) is 14.7. The molecule has 4 aromatic carbocycles. The topological polar surface area (TPSA) is 29.5 Å². The van der Waals surface area contributed by atoms with Crippen LogP contribution in [0.25, 0.3) is 21.5 Å². The van der Waals surface area contributed by atoms with E-state index in [4.69, 9.17) is 4.74 Å². The Morgan fingerprint density at radius 2 is 1.50 bits per heavy atom. The van der Waals surface area contributed by atoms with Crippen LogP contribution in [0.4, 0.5) is 5.69 Å². The van der Waals surface area contributed by atoms with Crippen molar-refractivity contribution in [3.05, 3.63) is 84.4 Å². The molecule has 0 saturated heterocycles. The Balaban J connectivity index is 1.65. The number of carbonyl (C=O) groups excluding carboxylic acids is 1. The largest absolute Gasteiger partial charge is 0.497 e. The number of ether oxygens (including phenoxy) is 1. The minimum atomic E-state index is 0.133. The highest BCUT2D eigenvalue weighted by Gasteiger charge is 2.31. The standard InChI is InChI=1S/C27H25NO2/c1-30-23-15-13-22(14-16-23)28(27(29)19-9-6-10-19)18-26-24-11-4-2-7-20(24)17-21-8-3-5-12-25(21)26/h2-5,7-8,11-17,19H,6,9-10,18H2,1H3. The van der Waals surface area contributed by atoms with Crippen LogP contribution in [0.5, 0.6) is 5.75 Å². The second-order valence-electron chi connectivity index (χ2n) is 8.05. The molecule has 5 rings (SSSR count). The molecule has 0 bridgehead atoms. The van der Waals surface area contributed by atoms with Crippen molar-refractivity contribution < 1.29 is 9.53 Å². The zero-order valence-electron chi connectivity index (χ0n) is 17.2. The molecule has 0 unspecified atom stereocenters. The van der Waals surface area contributed by atoms with Gasteiger partial charge in [0.15, 0.2) is 0 Å². The average molecular weight is 396 g/mol. The number of amides is 1. The van der Waals surface area contributed by atoms with Gasteiger partial charge in [-0.3, -0.25) is 4.79 Å². The Kier molecular flexibility index (Phi) is 4.88. The van der Waals surface area contributed by atoms with Gasteiger partial charge in [0.05, 0.1) is 13.7 Å². The SMILES string of the molecule is COc1ccc(N(Cc2c3ccccc3cc3ccccc23)C(=O)C2CCC2)cc1. The quantitative estimate of drug-likeness (QED) is 0.369. The van der Waals surface area contributed by atoms with Crippen LogP contribution in [0.2, 0.25) is 0 Å². The van der Waals surface area contributed by atoms with E-state index in [0.717, 1.165) is 30.7 Å². The van der Waals surface area contributed by atoms with Crippen LogP contribution in [-0.4, -0.2) is 13.0 Å². The zero-order chi connectivity index (χ0) is 20.5. The maximum atomic E-state index is 13.5. The Morgan fingerprint density at radius 3 is 2.03 bits per heavy atom. The normalized spacial score (nSPS) is 13.9. The van der Waals surface area contributed by atoms with Crippen molar-refractivity contribution in [1.82, 2.24) is 0 Å². The molecule has 3 heteroatoms. The lowest BCUT2D eigenvalue weighted by Gasteiger charge is -2.32. The van der Waals surface area contributed by atoms with Crippen molar-refractivity contribution in [2.45, 2.75) is 25.8 Å². The molecule has 0 aliphatic heterocycles. The van der Waals surface area contributed by atoms with Gasteiger partial charge in [0, 0.05) is 11.6 Å². The van der Waals surface area contributed by atoms with E-state index in [1.807, 2.05) is 29.2 Å². The Morgan fingerprint density at radius 1 is 0.900 bits per heavy atom. The minimum absolute atomic E-state index is 0.133. The molecule has 0 radical (unpaired) electrons. The van der Waals surface area contributed by atoms with E-state index in [1.165, 1.54) is 27.1 Å². The predicted molar refractivity (Wildman–Crippen MR) is 123 cm³/mol. The molecule has 0 heterocycles. The fourth-order valence-corrected chi connectivity index (χ4v) is 4.37. The summed E-state index contributed by atoms with van der Waals surface area (Å²) in [6, 6.07) is 27.0. The van der Waals surface area contributed by atoms with Gasteiger partial charge in [0.2, 0.25) is 5.91 Å². The molecule has 4 aromatic rings. The van der Waals surface area contributed by atoms with Gasteiger partial charge in [0.25, 0.3) is 0 Å². The fourth-order valence-electron chi connectivity index (χ4n) is 4.37. The number of rotatable bonds is 5. The average Bonchev–Trinajstić information content (AvgIpc) is 2.75. The highest BCUT2D eigenvalue weighted by molar-refractivity contribution is 6.04. The van der Waals surface area contributed by atoms with Gasteiger partial charge in [0.1, 0.15) is 5.75 Å². The van der Waals surface area contributed by atoms with Crippen molar-refractivity contribution in [3.63, 3.8) is 0 Å². The highest BCUT2D eigenvalue weighted by Crippen LogP contribution is 2.35. The maximum absolute atomic E-state index is 13.5. The lowest BCUT2D eigenvalue weighted by atomic mass is 9.84. The highest BCUT2D eigenvalue weighted by atomic mass is 16.5. The lowest BCUT2D eigenvalue weighted by Crippen LogP contribution is -2.38. The van der Waals surface area contributed by atoms with Crippen LogP contribution >= 0.6 is 0 Å². The summed E-state index contributed by atoms with van der Waals surface area (Å²) in [5, 5.41) is 4.82. The molecule has 1 saturated carbocycles. The third kappa shape index (κ3) is 3.30. The summed E-state index contributed by atoms with van der Waals surface area (Å²) in [5.41, 5.74) is 2.12. The first kappa shape index (κ1) is 18.7. The van der Waals surface area contributed by atoms with Gasteiger partial charge in [-0.1, -0.05) is 55.0 Å². The number of carbonyl (C=O) groups is 1. The molecule has 1 aliphatic rings. The lowest BCUT2D eigenvalue weighted by molar-refractivity contribution is -0.124. The molecule has 0 atom stereocenters. The Labute approximate surface area is 176 Å². The van der Waals surface area contributed by atoms with E-state index in [2.05, 4.69) is 54.6 Å². The fraction of sp³-hybridized carbons (Fsp3) is 0.222. The Bertz CT molecular complexity index is 1150. The van der Waals surface area contributed by atoms with Crippen LogP contribution in [0.1, 0.15) is 24.8 Å². The van der Waals surface area contributed by atoms with Crippen molar-refractivity contribution in [2.75, 3.05) is 12.0 Å². The molecule has 30 heavy (non-hydrogen) atoms. The molecular weight excluding hydrogens is 370 g/mol. The molecule has 1 amide bonds. The van der Waals surface area contributed by atoms with Crippen molar-refractivity contribution in [3.8, 4) is 5.75 Å². The van der Waals surface area contributed by atoms with Crippen LogP contribution in [-0.2, 0) is 11.3 Å². The van der Waals surface area contributed by atoms with Crippen LogP contribution in [0.15, 0.2) is 78.9 Å². The number of fused-ring (bicyclic) bond motifs is 2. The molecule has 3 nitrogen and oxygen atoms in total. The molecule has 1 aliphatic carbocycles. The summed E-state index contributed by atoms with van der Waals surface area (Å²) in [6.45, 7) is 0.559. The number of hydrogen-bond acceptors (Lipinski definition) is 2. The summed E-state index contributed by atoms with van der Waals surface area (Å²) in [5.74, 6) is 1.15. The van der Waals surface area contributed by atoms with Crippen molar-refractivity contribution in [2.24, 2.45) is 5.92 Å². The molecule has 0 spiro atoms. The third-order valence-corrected chi connectivity index (χ3v) is 6.30. The third-order valence-electron chi connectivity index (χ3n) is 6.30. The van der Waals surface area contributed by atoms with Crippen LogP contribution in [0, 0.1) is 5.92 Å². The van der Waals surface area contributed by atoms with E-state index in [-0.39, 0.29) is 11.8 Å². The monoisotopic (exact) mass is 395 g/mol. The van der Waals surface area contributed by atoms with E-state index in [1.54, 1.807) is 7.11 Å². The van der Waals surface area contributed by atoms with E-state index >= 15 is 0 Å². The summed E-state index contributed by atoms with van der Waals surface area (Å²) in [6.07, 6.45) is 3.12. The summed E-state index contributed by atoms with van der Waals surface area (Å²) in [7, 11) is 1.66. The first-order valence-corrected chi connectivity index (χ1v) is 10.6. The second kappa shape index (κ2) is 7.83. The van der Waals surface area contributed by atoms with E-state index < -0.39 is 0 Å². The van der Waals surface area contributed by atoms with Crippen LogP contribution < -0.4 is 9.64 Å². The smallest absolute Gasteiger partial charge is 0.230 e. The maximum Gasteiger partial charge on any atom is 0.230 e. The molecule has 0 N–H and O–H groups in total. The number of hydrogen-bond donors (Lipinski definition) is 0. The van der Waals surface area contributed by atoms with Gasteiger partial charge in [-0.2, -0.15) is 0 Å². The van der Waals surface area contributed by atoms with E-state index in [0.29, 0.717) is 6.54 Å². The number of benzene rings is 4. The molecule has 150 valence electrons. The number of nitrogens with zero attached hydrogens (tertiary/aromatic N) is 1. The van der Waals surface area contributed by atoms with E-state index in [9.17, 15) is 4.79 Å². The van der Waals surface area contributed by atoms with Gasteiger partial charge < -0.3 is 9.64 Å². The number of methoxy groups -OCH3 is 1. The summed E-state index contributed by atoms with van der Waals surface area (Å²) in [4.78, 5) is 15.4. The second-order valence-corrected chi connectivity index (χ2v) is 8.05.